The molecule has 0 atom stereocenters. The molecule has 248 valence electrons. The summed E-state index contributed by atoms with van der Waals surface area (Å²) in [7, 11) is 0. The molecule has 0 unspecified atom stereocenters. The Balaban J connectivity index is 1.16. The first-order valence-corrected chi connectivity index (χ1v) is 20.8. The van der Waals surface area contributed by atoms with Crippen molar-refractivity contribution >= 4 is 100 Å². The molecule has 6 heterocycles. The van der Waals surface area contributed by atoms with Crippen molar-refractivity contribution in [3.63, 3.8) is 0 Å². The Morgan fingerprint density at radius 3 is 1.77 bits per heavy atom. The van der Waals surface area contributed by atoms with Crippen molar-refractivity contribution in [2.24, 2.45) is 0 Å². The van der Waals surface area contributed by atoms with Crippen LogP contribution in [0.3, 0.4) is 0 Å². The van der Waals surface area contributed by atoms with E-state index in [1.807, 2.05) is 0 Å². The lowest BCUT2D eigenvalue weighted by molar-refractivity contribution is 0.184. The fourth-order valence-electron chi connectivity index (χ4n) is 7.93. The minimum Gasteiger partial charge on any atom is -0.354 e. The van der Waals surface area contributed by atoms with Crippen LogP contribution in [0.2, 0.25) is 0 Å². The number of fused-ring (bicyclic) bond motifs is 3. The molecule has 9 heteroatoms. The number of hydrogen-bond acceptors (Lipinski definition) is 3. The SMILES string of the molecule is Ic1ccc2c(CCN3CCC3)c(-c3cc(I)c4[nH]c(-c5ccc6[nH]c(I)c(CCN7CCC7)c6c5)c(CCN5CCC5)c4c3)[nH]c2c1. The van der Waals surface area contributed by atoms with Crippen LogP contribution in [0.5, 0.6) is 0 Å². The topological polar surface area (TPSA) is 57.1 Å². The third-order valence-corrected chi connectivity index (χ3v) is 13.6. The average Bonchev–Trinajstić information content (AvgIpc) is 3.65. The lowest BCUT2D eigenvalue weighted by Crippen LogP contribution is -2.38. The normalized spacial score (nSPS) is 17.4. The number of nitrogens with zero attached hydrogens (tertiary/aromatic N) is 3. The van der Waals surface area contributed by atoms with Crippen LogP contribution in [0.15, 0.2) is 48.5 Å². The van der Waals surface area contributed by atoms with Gasteiger partial charge in [0.2, 0.25) is 0 Å². The first-order valence-electron chi connectivity index (χ1n) is 17.6. The Labute approximate surface area is 323 Å². The van der Waals surface area contributed by atoms with Crippen LogP contribution in [0.1, 0.15) is 36.0 Å². The summed E-state index contributed by atoms with van der Waals surface area (Å²) in [6.45, 7) is 10.8. The third-order valence-electron chi connectivity index (χ3n) is 11.1. The van der Waals surface area contributed by atoms with Gasteiger partial charge in [0.05, 0.1) is 9.22 Å². The molecule has 0 spiro atoms. The van der Waals surface area contributed by atoms with Gasteiger partial charge in [-0.15, -0.1) is 0 Å². The number of benzene rings is 3. The number of H-pyrrole nitrogens is 3. The van der Waals surface area contributed by atoms with Crippen molar-refractivity contribution in [1.29, 1.82) is 0 Å². The molecule has 6 nitrogen and oxygen atoms in total. The molecule has 3 aromatic heterocycles. The van der Waals surface area contributed by atoms with Crippen molar-refractivity contribution in [3.8, 4) is 22.5 Å². The van der Waals surface area contributed by atoms with E-state index >= 15 is 0 Å². The molecule has 48 heavy (non-hydrogen) atoms. The summed E-state index contributed by atoms with van der Waals surface area (Å²) in [5.41, 5.74) is 13.3. The van der Waals surface area contributed by atoms with E-state index in [1.165, 1.54) is 141 Å². The average molecular weight is 975 g/mol. The number of nitrogens with one attached hydrogen (secondary N) is 3. The minimum absolute atomic E-state index is 1.05. The van der Waals surface area contributed by atoms with Gasteiger partial charge in [0.1, 0.15) is 0 Å². The van der Waals surface area contributed by atoms with Gasteiger partial charge in [0.15, 0.2) is 0 Å². The lowest BCUT2D eigenvalue weighted by atomic mass is 9.97. The predicted molar refractivity (Wildman–Crippen MR) is 225 cm³/mol. The summed E-state index contributed by atoms with van der Waals surface area (Å²) in [6, 6.07) is 18.9. The molecule has 3 fully saturated rings. The highest BCUT2D eigenvalue weighted by Gasteiger charge is 2.23. The van der Waals surface area contributed by atoms with Crippen LogP contribution in [-0.2, 0) is 19.3 Å². The number of likely N-dealkylation sites (tertiary alicyclic amines) is 3. The molecule has 0 radical (unpaired) electrons. The lowest BCUT2D eigenvalue weighted by Gasteiger charge is -2.30. The van der Waals surface area contributed by atoms with E-state index in [-0.39, 0.29) is 0 Å². The minimum atomic E-state index is 1.05. The molecule has 3 aliphatic heterocycles. The predicted octanol–water partition coefficient (Wildman–Crippen LogP) is 9.02. The van der Waals surface area contributed by atoms with E-state index in [2.05, 4.69) is 146 Å². The molecular weight excluding hydrogens is 933 g/mol. The molecular formula is C39H41I3N6. The molecule has 3 saturated heterocycles. The van der Waals surface area contributed by atoms with Crippen LogP contribution in [0.4, 0.5) is 0 Å². The van der Waals surface area contributed by atoms with Crippen LogP contribution in [0, 0.1) is 10.8 Å². The zero-order chi connectivity index (χ0) is 32.4. The van der Waals surface area contributed by atoms with E-state index in [9.17, 15) is 0 Å². The highest BCUT2D eigenvalue weighted by atomic mass is 127. The largest absolute Gasteiger partial charge is 0.354 e. The van der Waals surface area contributed by atoms with E-state index in [4.69, 9.17) is 0 Å². The molecule has 3 aromatic carbocycles. The summed E-state index contributed by atoms with van der Waals surface area (Å²) in [5, 5.41) is 4.11. The van der Waals surface area contributed by atoms with Gasteiger partial charge in [0.25, 0.3) is 0 Å². The van der Waals surface area contributed by atoms with Gasteiger partial charge in [0, 0.05) is 70.9 Å². The highest BCUT2D eigenvalue weighted by molar-refractivity contribution is 14.1. The quantitative estimate of drug-likeness (QED) is 0.114. The summed E-state index contributed by atoms with van der Waals surface area (Å²) < 4.78 is 3.84. The van der Waals surface area contributed by atoms with E-state index in [0.717, 1.165) is 38.9 Å². The van der Waals surface area contributed by atoms with Crippen molar-refractivity contribution in [2.45, 2.75) is 38.5 Å². The maximum Gasteiger partial charge on any atom is 0.0815 e. The maximum absolute atomic E-state index is 3.99. The number of rotatable bonds is 11. The van der Waals surface area contributed by atoms with E-state index in [1.54, 1.807) is 0 Å². The van der Waals surface area contributed by atoms with Crippen LogP contribution in [-0.4, -0.2) is 88.6 Å². The fourth-order valence-corrected chi connectivity index (χ4v) is 10.0. The van der Waals surface area contributed by atoms with Crippen molar-refractivity contribution in [1.82, 2.24) is 29.7 Å². The Bertz CT molecular complexity index is 2150. The second-order valence-corrected chi connectivity index (χ2v) is 17.5. The summed E-state index contributed by atoms with van der Waals surface area (Å²) in [6.07, 6.45) is 7.22. The molecule has 0 amide bonds. The fraction of sp³-hybridized carbons (Fsp3) is 0.385. The Kier molecular flexibility index (Phi) is 9.06. The summed E-state index contributed by atoms with van der Waals surface area (Å²) >= 11 is 7.53. The molecule has 3 aliphatic rings. The van der Waals surface area contributed by atoms with Gasteiger partial charge in [-0.05, 0) is 204 Å². The molecule has 9 rings (SSSR count). The smallest absolute Gasteiger partial charge is 0.0815 e. The zero-order valence-corrected chi connectivity index (χ0v) is 33.7. The Hall–Kier alpha value is -1.65. The van der Waals surface area contributed by atoms with Crippen molar-refractivity contribution in [2.75, 3.05) is 58.9 Å². The van der Waals surface area contributed by atoms with Crippen molar-refractivity contribution < 1.29 is 0 Å². The van der Waals surface area contributed by atoms with Gasteiger partial charge in [-0.25, -0.2) is 0 Å². The second-order valence-electron chi connectivity index (χ2n) is 14.0. The first kappa shape index (κ1) is 32.3. The molecule has 0 bridgehead atoms. The summed E-state index contributed by atoms with van der Waals surface area (Å²) in [5.74, 6) is 0. The first-order chi connectivity index (χ1) is 23.5. The van der Waals surface area contributed by atoms with Crippen LogP contribution < -0.4 is 0 Å². The van der Waals surface area contributed by atoms with Gasteiger partial charge >= 0.3 is 0 Å². The van der Waals surface area contributed by atoms with Crippen LogP contribution in [0.25, 0.3) is 55.2 Å². The van der Waals surface area contributed by atoms with E-state index < -0.39 is 0 Å². The van der Waals surface area contributed by atoms with Gasteiger partial charge < -0.3 is 29.7 Å². The third kappa shape index (κ3) is 6.05. The maximum atomic E-state index is 3.99. The van der Waals surface area contributed by atoms with Crippen molar-refractivity contribution in [3.05, 3.63) is 76.1 Å². The van der Waals surface area contributed by atoms with E-state index in [0.29, 0.717) is 0 Å². The summed E-state index contributed by atoms with van der Waals surface area (Å²) in [4.78, 5) is 19.3. The van der Waals surface area contributed by atoms with Gasteiger partial charge in [-0.2, -0.15) is 0 Å². The molecule has 0 aliphatic carbocycles. The monoisotopic (exact) mass is 974 g/mol. The zero-order valence-electron chi connectivity index (χ0n) is 27.2. The molecule has 0 saturated carbocycles. The second kappa shape index (κ2) is 13.5. The van der Waals surface area contributed by atoms with Gasteiger partial charge in [-0.1, -0.05) is 12.1 Å². The molecule has 3 N–H and O–H groups in total. The standard InChI is InChI=1S/C39H41I3N6/c40-26-5-6-27-28(8-17-46-11-1-12-46)37(43-35(27)23-26)25-21-32-29(9-18-47-13-2-14-47)36(45-38(32)33(41)22-25)24-4-7-34-31(20-24)30(39(42)44-34)10-19-48-15-3-16-48/h4-7,20-23,43-45H,1-3,8-19H2. The highest BCUT2D eigenvalue weighted by Crippen LogP contribution is 2.40. The Morgan fingerprint density at radius 2 is 1.12 bits per heavy atom. The number of aromatic nitrogens is 3. The number of halogens is 3. The molecule has 6 aromatic rings. The van der Waals surface area contributed by atoms with Gasteiger partial charge in [-0.3, -0.25) is 0 Å². The number of hydrogen-bond donors (Lipinski definition) is 3. The van der Waals surface area contributed by atoms with Crippen LogP contribution >= 0.6 is 67.8 Å². The Morgan fingerprint density at radius 1 is 0.521 bits per heavy atom. The number of aromatic amines is 3.